The van der Waals surface area contributed by atoms with E-state index in [1.165, 1.54) is 38.9 Å². The summed E-state index contributed by atoms with van der Waals surface area (Å²) in [6.45, 7) is 9.46. The topological polar surface area (TPSA) is 40.5 Å². The molecule has 1 aliphatic heterocycles. The van der Waals surface area contributed by atoms with Gasteiger partial charge in [-0.15, -0.1) is 0 Å². The molecule has 0 bridgehead atoms. The van der Waals surface area contributed by atoms with Crippen LogP contribution in [0.1, 0.15) is 40.0 Å². The molecule has 3 heteroatoms. The lowest BCUT2D eigenvalue weighted by atomic mass is 10.1. The molecule has 0 aromatic rings. The van der Waals surface area contributed by atoms with E-state index < -0.39 is 5.97 Å². The lowest BCUT2D eigenvalue weighted by Gasteiger charge is -2.24. The molecule has 0 aliphatic carbocycles. The molecule has 0 aromatic carbocycles. The van der Waals surface area contributed by atoms with Gasteiger partial charge in [-0.1, -0.05) is 27.2 Å². The van der Waals surface area contributed by atoms with Gasteiger partial charge in [-0.25, -0.2) is 0 Å². The van der Waals surface area contributed by atoms with E-state index in [4.69, 9.17) is 5.11 Å². The number of carboxylic acids is 1. The maximum absolute atomic E-state index is 9.70. The van der Waals surface area contributed by atoms with Crippen LogP contribution in [0.25, 0.3) is 0 Å². The first kappa shape index (κ1) is 13.4. The number of carboxylic acid groups (broad SMARTS) is 1. The second-order valence-corrected chi connectivity index (χ2v) is 3.99. The molecular formula is C11H23NO2. The molecule has 1 heterocycles. The zero-order chi connectivity index (χ0) is 11.0. The minimum atomic E-state index is -0.741. The second kappa shape index (κ2) is 7.80. The number of likely N-dealkylation sites (tertiary alicyclic amines) is 1. The van der Waals surface area contributed by atoms with Crippen molar-refractivity contribution in [2.45, 2.75) is 40.0 Å². The maximum atomic E-state index is 9.70. The number of hydrogen-bond acceptors (Lipinski definition) is 2. The van der Waals surface area contributed by atoms with Gasteiger partial charge in [-0.05, 0) is 32.5 Å². The number of rotatable bonds is 2. The van der Waals surface area contributed by atoms with Crippen molar-refractivity contribution in [2.75, 3.05) is 19.6 Å². The summed E-state index contributed by atoms with van der Waals surface area (Å²) < 4.78 is 0. The van der Waals surface area contributed by atoms with Gasteiger partial charge in [0, 0.05) is 0 Å². The highest BCUT2D eigenvalue weighted by Gasteiger charge is 2.05. The Hall–Kier alpha value is -0.570. The Morgan fingerprint density at radius 3 is 1.93 bits per heavy atom. The Kier molecular flexibility index (Phi) is 7.48. The minimum Gasteiger partial charge on any atom is -0.481 e. The SMILES string of the molecule is CC(C)C(=O)O.CCN1CCCCC1. The molecule has 0 amide bonds. The van der Waals surface area contributed by atoms with Gasteiger partial charge in [0.1, 0.15) is 0 Å². The van der Waals surface area contributed by atoms with Crippen LogP contribution in [0, 0.1) is 5.92 Å². The van der Waals surface area contributed by atoms with Gasteiger partial charge in [0.05, 0.1) is 5.92 Å². The molecule has 1 aliphatic rings. The minimum absolute atomic E-state index is 0.231. The van der Waals surface area contributed by atoms with Gasteiger partial charge >= 0.3 is 5.97 Å². The van der Waals surface area contributed by atoms with Gasteiger partial charge in [0.2, 0.25) is 0 Å². The summed E-state index contributed by atoms with van der Waals surface area (Å²) in [6, 6.07) is 0. The van der Waals surface area contributed by atoms with Crippen LogP contribution in [-0.4, -0.2) is 35.6 Å². The molecule has 0 radical (unpaired) electrons. The molecule has 1 saturated heterocycles. The van der Waals surface area contributed by atoms with Crippen molar-refractivity contribution < 1.29 is 9.90 Å². The zero-order valence-electron chi connectivity index (χ0n) is 9.62. The molecule has 14 heavy (non-hydrogen) atoms. The van der Waals surface area contributed by atoms with E-state index in [9.17, 15) is 4.79 Å². The highest BCUT2D eigenvalue weighted by molar-refractivity contribution is 5.68. The molecule has 1 fully saturated rings. The van der Waals surface area contributed by atoms with Crippen LogP contribution in [-0.2, 0) is 4.79 Å². The molecule has 3 nitrogen and oxygen atoms in total. The van der Waals surface area contributed by atoms with Gasteiger partial charge in [-0.2, -0.15) is 0 Å². The molecule has 0 atom stereocenters. The van der Waals surface area contributed by atoms with Crippen molar-refractivity contribution in [3.63, 3.8) is 0 Å². The fourth-order valence-corrected chi connectivity index (χ4v) is 1.28. The third-order valence-electron chi connectivity index (χ3n) is 2.39. The normalized spacial score (nSPS) is 17.4. The Labute approximate surface area is 87.1 Å². The van der Waals surface area contributed by atoms with E-state index in [2.05, 4.69) is 11.8 Å². The zero-order valence-corrected chi connectivity index (χ0v) is 9.62. The smallest absolute Gasteiger partial charge is 0.305 e. The predicted octanol–water partition coefficient (Wildman–Crippen LogP) is 2.22. The van der Waals surface area contributed by atoms with E-state index in [-0.39, 0.29) is 5.92 Å². The summed E-state index contributed by atoms with van der Waals surface area (Å²) >= 11 is 0. The largest absolute Gasteiger partial charge is 0.481 e. The van der Waals surface area contributed by atoms with Gasteiger partial charge in [0.25, 0.3) is 0 Å². The number of carbonyl (C=O) groups is 1. The molecule has 84 valence electrons. The molecule has 0 aromatic heterocycles. The molecule has 1 rings (SSSR count). The van der Waals surface area contributed by atoms with Crippen LogP contribution in [0.15, 0.2) is 0 Å². The van der Waals surface area contributed by atoms with Crippen molar-refractivity contribution in [2.24, 2.45) is 5.92 Å². The number of hydrogen-bond donors (Lipinski definition) is 1. The first-order valence-electron chi connectivity index (χ1n) is 5.53. The summed E-state index contributed by atoms with van der Waals surface area (Å²) in [5.41, 5.74) is 0. The summed E-state index contributed by atoms with van der Waals surface area (Å²) in [5, 5.41) is 7.99. The van der Waals surface area contributed by atoms with Crippen molar-refractivity contribution in [1.29, 1.82) is 0 Å². The Balaban J connectivity index is 0.000000255. The standard InChI is InChI=1S/C7H15N.C4H8O2/c1-2-8-6-4-3-5-7-8;1-3(2)4(5)6/h2-7H2,1H3;3H,1-2H3,(H,5,6). The van der Waals surface area contributed by atoms with Crippen LogP contribution in [0.5, 0.6) is 0 Å². The summed E-state index contributed by atoms with van der Waals surface area (Å²) in [6.07, 6.45) is 4.30. The van der Waals surface area contributed by atoms with Crippen molar-refractivity contribution in [3.05, 3.63) is 0 Å². The first-order valence-corrected chi connectivity index (χ1v) is 5.53. The average Bonchev–Trinajstić information content (AvgIpc) is 2.20. The lowest BCUT2D eigenvalue weighted by molar-refractivity contribution is -0.140. The van der Waals surface area contributed by atoms with Crippen LogP contribution < -0.4 is 0 Å². The first-order chi connectivity index (χ1) is 6.57. The van der Waals surface area contributed by atoms with E-state index >= 15 is 0 Å². The Bertz CT molecular complexity index is 151. The molecule has 0 unspecified atom stereocenters. The van der Waals surface area contributed by atoms with Gasteiger partial charge < -0.3 is 10.0 Å². The number of aliphatic carboxylic acids is 1. The third kappa shape index (κ3) is 6.89. The predicted molar refractivity (Wildman–Crippen MR) is 58.4 cm³/mol. The van der Waals surface area contributed by atoms with Crippen molar-refractivity contribution >= 4 is 5.97 Å². The van der Waals surface area contributed by atoms with Crippen molar-refractivity contribution in [1.82, 2.24) is 4.90 Å². The van der Waals surface area contributed by atoms with E-state index in [0.717, 1.165) is 0 Å². The maximum Gasteiger partial charge on any atom is 0.305 e. The molecular weight excluding hydrogens is 178 g/mol. The van der Waals surface area contributed by atoms with E-state index in [0.29, 0.717) is 0 Å². The summed E-state index contributed by atoms with van der Waals surface area (Å²) in [4.78, 5) is 12.2. The lowest BCUT2D eigenvalue weighted by Crippen LogP contribution is -2.29. The quantitative estimate of drug-likeness (QED) is 0.744. The monoisotopic (exact) mass is 201 g/mol. The molecule has 0 saturated carbocycles. The number of piperidine rings is 1. The average molecular weight is 201 g/mol. The number of nitrogens with zero attached hydrogens (tertiary/aromatic N) is 1. The third-order valence-corrected chi connectivity index (χ3v) is 2.39. The molecule has 1 N–H and O–H groups in total. The Morgan fingerprint density at radius 2 is 1.71 bits per heavy atom. The van der Waals surface area contributed by atoms with Crippen LogP contribution >= 0.6 is 0 Å². The molecule has 0 spiro atoms. The fraction of sp³-hybridized carbons (Fsp3) is 0.909. The van der Waals surface area contributed by atoms with Crippen molar-refractivity contribution in [3.8, 4) is 0 Å². The van der Waals surface area contributed by atoms with Crippen LogP contribution in [0.2, 0.25) is 0 Å². The summed E-state index contributed by atoms with van der Waals surface area (Å²) in [7, 11) is 0. The highest BCUT2D eigenvalue weighted by Crippen LogP contribution is 2.06. The van der Waals surface area contributed by atoms with Crippen LogP contribution in [0.3, 0.4) is 0 Å². The summed E-state index contributed by atoms with van der Waals surface area (Å²) in [5.74, 6) is -0.972. The highest BCUT2D eigenvalue weighted by atomic mass is 16.4. The van der Waals surface area contributed by atoms with Gasteiger partial charge in [0.15, 0.2) is 0 Å². The fourth-order valence-electron chi connectivity index (χ4n) is 1.28. The Morgan fingerprint density at radius 1 is 1.29 bits per heavy atom. The van der Waals surface area contributed by atoms with Gasteiger partial charge in [-0.3, -0.25) is 4.79 Å². The van der Waals surface area contributed by atoms with E-state index in [1.807, 2.05) is 0 Å². The van der Waals surface area contributed by atoms with Crippen LogP contribution in [0.4, 0.5) is 0 Å². The van der Waals surface area contributed by atoms with E-state index in [1.54, 1.807) is 13.8 Å². The second-order valence-electron chi connectivity index (χ2n) is 3.99.